The molecule has 0 aliphatic heterocycles. The van der Waals surface area contributed by atoms with Crippen LogP contribution >= 0.6 is 11.3 Å². The van der Waals surface area contributed by atoms with Gasteiger partial charge in [-0.15, -0.1) is 0 Å². The summed E-state index contributed by atoms with van der Waals surface area (Å²) in [5.74, 6) is 0. The van der Waals surface area contributed by atoms with Gasteiger partial charge in [0.15, 0.2) is 10.5 Å². The standard InChI is InChI=1S/C7H8N4S/c1-4(8)6-11-5-7(12-6)10-3-2-9-5/h2-4H,8H2,1H3. The van der Waals surface area contributed by atoms with E-state index in [9.17, 15) is 0 Å². The summed E-state index contributed by atoms with van der Waals surface area (Å²) in [6.45, 7) is 1.90. The fourth-order valence-corrected chi connectivity index (χ4v) is 1.71. The van der Waals surface area contributed by atoms with Crippen molar-refractivity contribution in [3.8, 4) is 0 Å². The van der Waals surface area contributed by atoms with Crippen molar-refractivity contribution in [1.82, 2.24) is 15.0 Å². The molecule has 12 heavy (non-hydrogen) atoms. The largest absolute Gasteiger partial charge is 0.322 e. The van der Waals surface area contributed by atoms with Gasteiger partial charge in [-0.25, -0.2) is 15.0 Å². The van der Waals surface area contributed by atoms with Gasteiger partial charge >= 0.3 is 0 Å². The molecule has 4 nitrogen and oxygen atoms in total. The van der Waals surface area contributed by atoms with Crippen LogP contribution in [0, 0.1) is 0 Å². The Balaban J connectivity index is 2.62. The van der Waals surface area contributed by atoms with E-state index in [2.05, 4.69) is 15.0 Å². The van der Waals surface area contributed by atoms with Crippen LogP contribution in [0.4, 0.5) is 0 Å². The van der Waals surface area contributed by atoms with Crippen LogP contribution in [0.25, 0.3) is 10.5 Å². The molecule has 0 bridgehead atoms. The molecule has 2 aromatic heterocycles. The number of hydrogen-bond acceptors (Lipinski definition) is 5. The Morgan fingerprint density at radius 2 is 2.17 bits per heavy atom. The van der Waals surface area contributed by atoms with E-state index in [0.717, 1.165) is 9.84 Å². The highest BCUT2D eigenvalue weighted by Gasteiger charge is 2.07. The average Bonchev–Trinajstić information content (AvgIpc) is 2.46. The molecule has 0 saturated heterocycles. The third-order valence-corrected chi connectivity index (χ3v) is 2.61. The smallest absolute Gasteiger partial charge is 0.189 e. The first-order chi connectivity index (χ1) is 5.77. The molecule has 0 fully saturated rings. The third-order valence-electron chi connectivity index (χ3n) is 1.45. The summed E-state index contributed by atoms with van der Waals surface area (Å²) < 4.78 is 0. The summed E-state index contributed by atoms with van der Waals surface area (Å²) in [5.41, 5.74) is 6.36. The highest BCUT2D eigenvalue weighted by molar-refractivity contribution is 7.18. The number of hydrogen-bond donors (Lipinski definition) is 1. The van der Waals surface area contributed by atoms with Gasteiger partial charge in [0.2, 0.25) is 0 Å². The molecule has 62 valence electrons. The molecule has 5 heteroatoms. The monoisotopic (exact) mass is 180 g/mol. The summed E-state index contributed by atoms with van der Waals surface area (Å²) in [6.07, 6.45) is 3.29. The zero-order valence-corrected chi connectivity index (χ0v) is 7.38. The molecule has 2 heterocycles. The number of thiazole rings is 1. The SMILES string of the molecule is CC(N)c1nc2nccnc2s1. The minimum absolute atomic E-state index is 0.0361. The first kappa shape index (κ1) is 7.57. The molecule has 1 unspecified atom stereocenters. The number of nitrogens with two attached hydrogens (primary N) is 1. The van der Waals surface area contributed by atoms with Crippen molar-refractivity contribution in [3.63, 3.8) is 0 Å². The number of fused-ring (bicyclic) bond motifs is 1. The van der Waals surface area contributed by atoms with Crippen molar-refractivity contribution in [2.45, 2.75) is 13.0 Å². The van der Waals surface area contributed by atoms with Crippen LogP contribution in [-0.2, 0) is 0 Å². The highest BCUT2D eigenvalue weighted by atomic mass is 32.1. The Hall–Kier alpha value is -1.07. The summed E-state index contributed by atoms with van der Waals surface area (Å²) >= 11 is 1.50. The molecule has 0 radical (unpaired) electrons. The summed E-state index contributed by atoms with van der Waals surface area (Å²) in [4.78, 5) is 13.3. The lowest BCUT2D eigenvalue weighted by Crippen LogP contribution is -2.03. The average molecular weight is 180 g/mol. The van der Waals surface area contributed by atoms with Crippen molar-refractivity contribution < 1.29 is 0 Å². The Morgan fingerprint density at radius 1 is 1.42 bits per heavy atom. The summed E-state index contributed by atoms with van der Waals surface area (Å²) in [6, 6.07) is -0.0361. The van der Waals surface area contributed by atoms with Gasteiger partial charge in [0.25, 0.3) is 0 Å². The molecule has 2 rings (SSSR count). The van der Waals surface area contributed by atoms with Crippen LogP contribution in [0.1, 0.15) is 18.0 Å². The first-order valence-electron chi connectivity index (χ1n) is 3.60. The van der Waals surface area contributed by atoms with Crippen molar-refractivity contribution >= 4 is 21.8 Å². The van der Waals surface area contributed by atoms with E-state index in [-0.39, 0.29) is 6.04 Å². The Labute approximate surface area is 73.5 Å². The fraction of sp³-hybridized carbons (Fsp3) is 0.286. The van der Waals surface area contributed by atoms with E-state index < -0.39 is 0 Å². The maximum absolute atomic E-state index is 5.67. The molecule has 0 spiro atoms. The second-order valence-corrected chi connectivity index (χ2v) is 3.53. The van der Waals surface area contributed by atoms with Crippen LogP contribution in [0.5, 0.6) is 0 Å². The van der Waals surface area contributed by atoms with Crippen LogP contribution in [0.3, 0.4) is 0 Å². The van der Waals surface area contributed by atoms with Crippen molar-refractivity contribution in [1.29, 1.82) is 0 Å². The van der Waals surface area contributed by atoms with E-state index in [4.69, 9.17) is 5.73 Å². The third kappa shape index (κ3) is 1.17. The Bertz CT molecular complexity index is 362. The summed E-state index contributed by atoms with van der Waals surface area (Å²) in [7, 11) is 0. The minimum Gasteiger partial charge on any atom is -0.322 e. The second-order valence-electron chi connectivity index (χ2n) is 2.53. The number of aromatic nitrogens is 3. The van der Waals surface area contributed by atoms with Crippen molar-refractivity contribution in [3.05, 3.63) is 17.4 Å². The molecule has 0 saturated carbocycles. The molecular weight excluding hydrogens is 172 g/mol. The predicted molar refractivity (Wildman–Crippen MR) is 47.8 cm³/mol. The Morgan fingerprint density at radius 3 is 2.83 bits per heavy atom. The number of nitrogens with zero attached hydrogens (tertiary/aromatic N) is 3. The summed E-state index contributed by atoms with van der Waals surface area (Å²) in [5, 5.41) is 0.885. The van der Waals surface area contributed by atoms with Crippen LogP contribution in [0.15, 0.2) is 12.4 Å². The van der Waals surface area contributed by atoms with E-state index in [1.165, 1.54) is 11.3 Å². The van der Waals surface area contributed by atoms with Gasteiger partial charge < -0.3 is 5.73 Å². The zero-order chi connectivity index (χ0) is 8.55. The Kier molecular flexibility index (Phi) is 1.74. The van der Waals surface area contributed by atoms with Crippen LogP contribution in [-0.4, -0.2) is 15.0 Å². The first-order valence-corrected chi connectivity index (χ1v) is 4.42. The predicted octanol–water partition coefficient (Wildman–Crippen LogP) is 1.11. The van der Waals surface area contributed by atoms with Gasteiger partial charge in [0, 0.05) is 12.4 Å². The maximum Gasteiger partial charge on any atom is 0.189 e. The molecular formula is C7H8N4S. The minimum atomic E-state index is -0.0361. The molecule has 0 aliphatic rings. The quantitative estimate of drug-likeness (QED) is 0.713. The lowest BCUT2D eigenvalue weighted by atomic mass is 10.4. The zero-order valence-electron chi connectivity index (χ0n) is 6.56. The van der Waals surface area contributed by atoms with Gasteiger partial charge in [-0.1, -0.05) is 11.3 Å². The molecule has 2 aromatic rings. The molecule has 0 aliphatic carbocycles. The van der Waals surface area contributed by atoms with E-state index in [1.54, 1.807) is 12.4 Å². The normalized spacial score (nSPS) is 13.5. The fourth-order valence-electron chi connectivity index (χ4n) is 0.888. The van der Waals surface area contributed by atoms with Crippen molar-refractivity contribution in [2.24, 2.45) is 5.73 Å². The van der Waals surface area contributed by atoms with Gasteiger partial charge in [0.1, 0.15) is 5.01 Å². The molecule has 2 N–H and O–H groups in total. The van der Waals surface area contributed by atoms with E-state index >= 15 is 0 Å². The second kappa shape index (κ2) is 2.76. The maximum atomic E-state index is 5.67. The van der Waals surface area contributed by atoms with Crippen LogP contribution in [0.2, 0.25) is 0 Å². The van der Waals surface area contributed by atoms with Gasteiger partial charge in [0.05, 0.1) is 6.04 Å². The van der Waals surface area contributed by atoms with Gasteiger partial charge in [-0.3, -0.25) is 0 Å². The lowest BCUT2D eigenvalue weighted by Gasteiger charge is -1.94. The lowest BCUT2D eigenvalue weighted by molar-refractivity contribution is 0.809. The van der Waals surface area contributed by atoms with Crippen molar-refractivity contribution in [2.75, 3.05) is 0 Å². The van der Waals surface area contributed by atoms with Gasteiger partial charge in [-0.05, 0) is 6.92 Å². The van der Waals surface area contributed by atoms with Crippen LogP contribution < -0.4 is 5.73 Å². The van der Waals surface area contributed by atoms with E-state index in [0.29, 0.717) is 5.65 Å². The topological polar surface area (TPSA) is 64.7 Å². The highest BCUT2D eigenvalue weighted by Crippen LogP contribution is 2.21. The van der Waals surface area contributed by atoms with E-state index in [1.807, 2.05) is 6.92 Å². The molecule has 0 aromatic carbocycles. The van der Waals surface area contributed by atoms with Gasteiger partial charge in [-0.2, -0.15) is 0 Å². The molecule has 1 atom stereocenters. The number of rotatable bonds is 1. The molecule has 0 amide bonds.